The van der Waals surface area contributed by atoms with E-state index in [1.165, 1.54) is 11.1 Å². The summed E-state index contributed by atoms with van der Waals surface area (Å²) >= 11 is 0. The SMILES string of the molecule is O=C(Nc1ccc(C(=O)N[C@@H]2CCC[C@@H]2C(=O)O)cc1)OCC1c2ccccc2-c2ccccc21. The molecular weight excluding hydrogens is 444 g/mol. The summed E-state index contributed by atoms with van der Waals surface area (Å²) < 4.78 is 5.56. The summed E-state index contributed by atoms with van der Waals surface area (Å²) in [7, 11) is 0. The second kappa shape index (κ2) is 9.62. The van der Waals surface area contributed by atoms with Gasteiger partial charge >= 0.3 is 12.1 Å². The third-order valence-electron chi connectivity index (χ3n) is 6.89. The highest BCUT2D eigenvalue weighted by Crippen LogP contribution is 2.44. The molecule has 0 unspecified atom stereocenters. The van der Waals surface area contributed by atoms with E-state index in [2.05, 4.69) is 34.9 Å². The van der Waals surface area contributed by atoms with E-state index < -0.39 is 18.0 Å². The lowest BCUT2D eigenvalue weighted by molar-refractivity contribution is -0.142. The van der Waals surface area contributed by atoms with Gasteiger partial charge in [0.25, 0.3) is 5.91 Å². The molecule has 0 radical (unpaired) electrons. The number of carbonyl (C=O) groups is 3. The molecule has 7 nitrogen and oxygen atoms in total. The van der Waals surface area contributed by atoms with E-state index in [1.54, 1.807) is 24.3 Å². The van der Waals surface area contributed by atoms with Crippen LogP contribution in [0, 0.1) is 5.92 Å². The predicted octanol–water partition coefficient (Wildman–Crippen LogP) is 5.03. The number of fused-ring (bicyclic) bond motifs is 3. The van der Waals surface area contributed by atoms with Crippen molar-refractivity contribution in [2.75, 3.05) is 11.9 Å². The van der Waals surface area contributed by atoms with Gasteiger partial charge < -0.3 is 15.2 Å². The average molecular weight is 471 g/mol. The van der Waals surface area contributed by atoms with Crippen LogP contribution in [-0.4, -0.2) is 35.7 Å². The first kappa shape index (κ1) is 22.7. The third-order valence-corrected chi connectivity index (χ3v) is 6.89. The second-order valence-corrected chi connectivity index (χ2v) is 8.98. The molecule has 0 aromatic heterocycles. The van der Waals surface area contributed by atoms with Crippen LogP contribution in [-0.2, 0) is 9.53 Å². The Morgan fingerprint density at radius 1 is 0.857 bits per heavy atom. The monoisotopic (exact) mass is 470 g/mol. The fourth-order valence-electron chi connectivity index (χ4n) is 5.14. The van der Waals surface area contributed by atoms with Gasteiger partial charge in [-0.05, 0) is 59.4 Å². The summed E-state index contributed by atoms with van der Waals surface area (Å²) in [6, 6.07) is 22.4. The molecule has 2 atom stereocenters. The zero-order chi connectivity index (χ0) is 24.4. The van der Waals surface area contributed by atoms with Gasteiger partial charge in [0, 0.05) is 23.2 Å². The van der Waals surface area contributed by atoms with Gasteiger partial charge in [0.15, 0.2) is 0 Å². The van der Waals surface area contributed by atoms with Gasteiger partial charge in [-0.2, -0.15) is 0 Å². The Bertz CT molecular complexity index is 1220. The Hall–Kier alpha value is -4.13. The summed E-state index contributed by atoms with van der Waals surface area (Å²) in [5, 5.41) is 14.8. The smallest absolute Gasteiger partial charge is 0.411 e. The lowest BCUT2D eigenvalue weighted by atomic mass is 9.98. The van der Waals surface area contributed by atoms with Crippen LogP contribution in [0.3, 0.4) is 0 Å². The van der Waals surface area contributed by atoms with E-state index in [0.29, 0.717) is 24.1 Å². The number of carboxylic acid groups (broad SMARTS) is 1. The van der Waals surface area contributed by atoms with E-state index in [-0.39, 0.29) is 24.5 Å². The minimum atomic E-state index is -0.879. The number of carboxylic acids is 1. The largest absolute Gasteiger partial charge is 0.481 e. The van der Waals surface area contributed by atoms with Crippen molar-refractivity contribution in [3.8, 4) is 11.1 Å². The van der Waals surface area contributed by atoms with Crippen LogP contribution < -0.4 is 10.6 Å². The molecule has 0 aliphatic heterocycles. The van der Waals surface area contributed by atoms with Crippen molar-refractivity contribution < 1.29 is 24.2 Å². The standard InChI is InChI=1S/C28H26N2O5/c31-26(30-25-11-5-10-23(25)27(32)33)17-12-14-18(15-13-17)29-28(34)35-16-24-21-8-3-1-6-19(21)20-7-2-4-9-22(20)24/h1-4,6-9,12-15,23-25H,5,10-11,16H2,(H,29,34)(H,30,31)(H,32,33)/t23-,25+/m0/s1. The zero-order valence-electron chi connectivity index (χ0n) is 19.1. The van der Waals surface area contributed by atoms with Gasteiger partial charge in [-0.25, -0.2) is 4.79 Å². The Morgan fingerprint density at radius 2 is 1.49 bits per heavy atom. The van der Waals surface area contributed by atoms with Crippen molar-refractivity contribution in [2.24, 2.45) is 5.92 Å². The summed E-state index contributed by atoms with van der Waals surface area (Å²) in [6.07, 6.45) is 1.44. The molecule has 0 saturated heterocycles. The number of aliphatic carboxylic acids is 1. The van der Waals surface area contributed by atoms with E-state index >= 15 is 0 Å². The molecule has 1 fully saturated rings. The van der Waals surface area contributed by atoms with Gasteiger partial charge in [-0.15, -0.1) is 0 Å². The minimum absolute atomic E-state index is 0.0237. The van der Waals surface area contributed by atoms with Gasteiger partial charge in [-0.1, -0.05) is 55.0 Å². The van der Waals surface area contributed by atoms with Crippen molar-refractivity contribution in [1.29, 1.82) is 0 Å². The van der Waals surface area contributed by atoms with Crippen molar-refractivity contribution in [3.63, 3.8) is 0 Å². The van der Waals surface area contributed by atoms with Gasteiger partial charge in [0.1, 0.15) is 6.61 Å². The van der Waals surface area contributed by atoms with E-state index in [0.717, 1.165) is 17.5 Å². The molecule has 3 aromatic rings. The number of carbonyl (C=O) groups excluding carboxylic acids is 2. The molecule has 35 heavy (non-hydrogen) atoms. The first-order chi connectivity index (χ1) is 17.0. The molecule has 7 heteroatoms. The molecule has 178 valence electrons. The van der Waals surface area contributed by atoms with E-state index in [4.69, 9.17) is 4.74 Å². The van der Waals surface area contributed by atoms with Crippen LogP contribution in [0.1, 0.15) is 46.7 Å². The number of rotatable bonds is 6. The number of amides is 2. The summed E-state index contributed by atoms with van der Waals surface area (Å²) in [4.78, 5) is 36.3. The number of ether oxygens (including phenoxy) is 1. The third kappa shape index (κ3) is 4.62. The zero-order valence-corrected chi connectivity index (χ0v) is 19.1. The van der Waals surface area contributed by atoms with Gasteiger partial charge in [-0.3, -0.25) is 14.9 Å². The van der Waals surface area contributed by atoms with Crippen LogP contribution >= 0.6 is 0 Å². The highest BCUT2D eigenvalue weighted by atomic mass is 16.5. The van der Waals surface area contributed by atoms with Crippen LogP contribution in [0.15, 0.2) is 72.8 Å². The van der Waals surface area contributed by atoms with Crippen molar-refractivity contribution >= 4 is 23.7 Å². The maximum atomic E-state index is 12.5. The molecule has 5 rings (SSSR count). The van der Waals surface area contributed by atoms with E-state index in [1.807, 2.05) is 24.3 Å². The molecule has 3 aromatic carbocycles. The Kier molecular flexibility index (Phi) is 6.23. The molecule has 0 heterocycles. The first-order valence-electron chi connectivity index (χ1n) is 11.8. The van der Waals surface area contributed by atoms with Crippen LogP contribution in [0.4, 0.5) is 10.5 Å². The fourth-order valence-corrected chi connectivity index (χ4v) is 5.14. The topological polar surface area (TPSA) is 105 Å². The summed E-state index contributed by atoms with van der Waals surface area (Å²) in [5.74, 6) is -1.77. The Labute approximate surface area is 203 Å². The highest BCUT2D eigenvalue weighted by molar-refractivity contribution is 5.95. The molecule has 3 N–H and O–H groups in total. The normalized spacial score (nSPS) is 18.4. The number of hydrogen-bond acceptors (Lipinski definition) is 4. The maximum absolute atomic E-state index is 12.5. The second-order valence-electron chi connectivity index (χ2n) is 8.98. The first-order valence-corrected chi connectivity index (χ1v) is 11.8. The van der Waals surface area contributed by atoms with Crippen LogP contribution in [0.2, 0.25) is 0 Å². The molecule has 1 saturated carbocycles. The highest BCUT2D eigenvalue weighted by Gasteiger charge is 2.34. The molecule has 0 spiro atoms. The Morgan fingerprint density at radius 3 is 2.11 bits per heavy atom. The number of anilines is 1. The Balaban J connectivity index is 1.18. The molecular formula is C28H26N2O5. The van der Waals surface area contributed by atoms with E-state index in [9.17, 15) is 19.5 Å². The predicted molar refractivity (Wildman–Crippen MR) is 131 cm³/mol. The fraction of sp³-hybridized carbons (Fsp3) is 0.250. The van der Waals surface area contributed by atoms with Gasteiger partial charge in [0.2, 0.25) is 0 Å². The molecule has 2 aliphatic carbocycles. The summed E-state index contributed by atoms with van der Waals surface area (Å²) in [5.41, 5.74) is 5.52. The molecule has 0 bridgehead atoms. The molecule has 2 aliphatic rings. The average Bonchev–Trinajstić information content (AvgIpc) is 3.46. The lowest BCUT2D eigenvalue weighted by Gasteiger charge is -2.17. The van der Waals surface area contributed by atoms with Gasteiger partial charge in [0.05, 0.1) is 5.92 Å². The number of hydrogen-bond donors (Lipinski definition) is 3. The van der Waals surface area contributed by atoms with Crippen molar-refractivity contribution in [1.82, 2.24) is 5.32 Å². The number of benzene rings is 3. The van der Waals surface area contributed by atoms with Crippen LogP contribution in [0.5, 0.6) is 0 Å². The van der Waals surface area contributed by atoms with Crippen LogP contribution in [0.25, 0.3) is 11.1 Å². The lowest BCUT2D eigenvalue weighted by Crippen LogP contribution is -2.40. The van der Waals surface area contributed by atoms with Crippen molar-refractivity contribution in [3.05, 3.63) is 89.5 Å². The number of nitrogens with one attached hydrogen (secondary N) is 2. The quantitative estimate of drug-likeness (QED) is 0.469. The summed E-state index contributed by atoms with van der Waals surface area (Å²) in [6.45, 7) is 0.215. The maximum Gasteiger partial charge on any atom is 0.411 e. The molecule has 2 amide bonds. The van der Waals surface area contributed by atoms with Crippen molar-refractivity contribution in [2.45, 2.75) is 31.2 Å². The minimum Gasteiger partial charge on any atom is -0.481 e.